The van der Waals surface area contributed by atoms with Crippen LogP contribution in [-0.4, -0.2) is 33.7 Å². The van der Waals surface area contributed by atoms with Gasteiger partial charge >= 0.3 is 0 Å². The topological polar surface area (TPSA) is 38.1 Å². The Morgan fingerprint density at radius 3 is 2.29 bits per heavy atom. The van der Waals surface area contributed by atoms with Crippen molar-refractivity contribution in [3.05, 3.63) is 17.5 Å². The number of nitrogens with zero attached hydrogens (tertiary/aromatic N) is 3. The first kappa shape index (κ1) is 13.7. The Kier molecular flexibility index (Phi) is 5.19. The van der Waals surface area contributed by atoms with Crippen LogP contribution in [-0.2, 0) is 6.54 Å². The monoisotopic (exact) mass is 237 g/mol. The average Bonchev–Trinajstić information content (AvgIpc) is 2.69. The lowest BCUT2D eigenvalue weighted by Gasteiger charge is -2.20. The minimum atomic E-state index is 0.0593. The second-order valence-electron chi connectivity index (χ2n) is 4.28. The molecular weight excluding hydrogens is 214 g/mol. The molecule has 0 aromatic carbocycles. The van der Waals surface area contributed by atoms with E-state index in [2.05, 4.69) is 18.9 Å². The molecule has 0 saturated heterocycles. The second kappa shape index (κ2) is 6.42. The van der Waals surface area contributed by atoms with E-state index < -0.39 is 0 Å². The van der Waals surface area contributed by atoms with Gasteiger partial charge in [0.1, 0.15) is 0 Å². The zero-order valence-electron chi connectivity index (χ0n) is 11.4. The minimum absolute atomic E-state index is 0.0593. The van der Waals surface area contributed by atoms with Crippen LogP contribution in [0, 0.1) is 6.92 Å². The molecule has 0 bridgehead atoms. The lowest BCUT2D eigenvalue weighted by molar-refractivity contribution is 0.0748. The molecule has 0 spiro atoms. The normalized spacial score (nSPS) is 10.6. The Morgan fingerprint density at radius 2 is 1.88 bits per heavy atom. The van der Waals surface area contributed by atoms with Crippen LogP contribution >= 0.6 is 0 Å². The fourth-order valence-corrected chi connectivity index (χ4v) is 1.95. The first-order valence-corrected chi connectivity index (χ1v) is 6.47. The van der Waals surface area contributed by atoms with E-state index in [0.717, 1.165) is 38.2 Å². The predicted octanol–water partition coefficient (Wildman–Crippen LogP) is 2.47. The van der Waals surface area contributed by atoms with E-state index in [4.69, 9.17) is 0 Å². The van der Waals surface area contributed by atoms with E-state index in [1.807, 2.05) is 29.5 Å². The number of hydrogen-bond acceptors (Lipinski definition) is 2. The minimum Gasteiger partial charge on any atom is -0.337 e. The van der Waals surface area contributed by atoms with Crippen LogP contribution in [0.3, 0.4) is 0 Å². The van der Waals surface area contributed by atoms with Gasteiger partial charge in [0, 0.05) is 25.3 Å². The van der Waals surface area contributed by atoms with Crippen molar-refractivity contribution >= 4 is 5.91 Å². The van der Waals surface area contributed by atoms with Crippen molar-refractivity contribution in [1.29, 1.82) is 0 Å². The molecular formula is C13H23N3O. The lowest BCUT2D eigenvalue weighted by Crippen LogP contribution is -2.32. The maximum absolute atomic E-state index is 12.3. The number of aryl methyl sites for hydroxylation is 2. The van der Waals surface area contributed by atoms with Crippen LogP contribution in [0.4, 0.5) is 0 Å². The predicted molar refractivity (Wildman–Crippen MR) is 69.1 cm³/mol. The van der Waals surface area contributed by atoms with Gasteiger partial charge in [-0.05, 0) is 32.8 Å². The van der Waals surface area contributed by atoms with Crippen LogP contribution in [0.1, 0.15) is 49.8 Å². The molecule has 0 N–H and O–H groups in total. The Labute approximate surface area is 104 Å². The molecule has 1 amide bonds. The molecule has 4 nitrogen and oxygen atoms in total. The molecule has 0 aliphatic carbocycles. The fraction of sp³-hybridized carbons (Fsp3) is 0.692. The van der Waals surface area contributed by atoms with Crippen LogP contribution in [0.25, 0.3) is 0 Å². The third-order valence-corrected chi connectivity index (χ3v) is 2.77. The third-order valence-electron chi connectivity index (χ3n) is 2.77. The first-order chi connectivity index (χ1) is 8.13. The molecule has 1 heterocycles. The molecule has 0 saturated carbocycles. The van der Waals surface area contributed by atoms with Gasteiger partial charge in [0.15, 0.2) is 5.69 Å². The quantitative estimate of drug-likeness (QED) is 0.762. The summed E-state index contributed by atoms with van der Waals surface area (Å²) in [5.74, 6) is 0.0593. The highest BCUT2D eigenvalue weighted by Crippen LogP contribution is 2.08. The highest BCUT2D eigenvalue weighted by Gasteiger charge is 2.17. The van der Waals surface area contributed by atoms with Gasteiger partial charge < -0.3 is 4.90 Å². The van der Waals surface area contributed by atoms with E-state index in [0.29, 0.717) is 5.69 Å². The largest absolute Gasteiger partial charge is 0.337 e. The molecule has 17 heavy (non-hydrogen) atoms. The van der Waals surface area contributed by atoms with E-state index >= 15 is 0 Å². The SMILES string of the molecule is CCCN(CCC)C(=O)c1cc(C)n(CC)n1. The fourth-order valence-electron chi connectivity index (χ4n) is 1.95. The van der Waals surface area contributed by atoms with Gasteiger partial charge in [0.05, 0.1) is 0 Å². The zero-order valence-corrected chi connectivity index (χ0v) is 11.4. The summed E-state index contributed by atoms with van der Waals surface area (Å²) in [6.07, 6.45) is 1.97. The summed E-state index contributed by atoms with van der Waals surface area (Å²) >= 11 is 0. The zero-order chi connectivity index (χ0) is 12.8. The first-order valence-electron chi connectivity index (χ1n) is 6.47. The molecule has 96 valence electrons. The summed E-state index contributed by atoms with van der Waals surface area (Å²) in [5, 5.41) is 4.34. The summed E-state index contributed by atoms with van der Waals surface area (Å²) in [7, 11) is 0. The van der Waals surface area contributed by atoms with Crippen molar-refractivity contribution < 1.29 is 4.79 Å². The van der Waals surface area contributed by atoms with Crippen molar-refractivity contribution in [2.45, 2.75) is 47.1 Å². The van der Waals surface area contributed by atoms with Gasteiger partial charge in [0.25, 0.3) is 5.91 Å². The van der Waals surface area contributed by atoms with E-state index in [1.54, 1.807) is 0 Å². The Hall–Kier alpha value is -1.32. The molecule has 0 unspecified atom stereocenters. The third kappa shape index (κ3) is 3.32. The molecule has 1 aromatic rings. The van der Waals surface area contributed by atoms with Gasteiger partial charge in [0.2, 0.25) is 0 Å². The summed E-state index contributed by atoms with van der Waals surface area (Å²) in [6, 6.07) is 1.88. The van der Waals surface area contributed by atoms with Crippen molar-refractivity contribution in [3.8, 4) is 0 Å². The molecule has 0 fully saturated rings. The highest BCUT2D eigenvalue weighted by atomic mass is 16.2. The van der Waals surface area contributed by atoms with Crippen LogP contribution in [0.15, 0.2) is 6.07 Å². The Bertz CT molecular complexity index is 365. The molecule has 0 atom stereocenters. The van der Waals surface area contributed by atoms with Gasteiger partial charge in [-0.1, -0.05) is 13.8 Å². The number of carbonyl (C=O) groups excluding carboxylic acids is 1. The summed E-state index contributed by atoms with van der Waals surface area (Å²) in [5.41, 5.74) is 1.62. The van der Waals surface area contributed by atoms with Crippen molar-refractivity contribution in [3.63, 3.8) is 0 Å². The van der Waals surface area contributed by atoms with Crippen LogP contribution in [0.5, 0.6) is 0 Å². The summed E-state index contributed by atoms with van der Waals surface area (Å²) in [4.78, 5) is 14.1. The maximum Gasteiger partial charge on any atom is 0.274 e. The van der Waals surface area contributed by atoms with E-state index in [9.17, 15) is 4.79 Å². The Balaban J connectivity index is 2.84. The molecule has 0 aliphatic heterocycles. The van der Waals surface area contributed by atoms with Crippen molar-refractivity contribution in [2.24, 2.45) is 0 Å². The smallest absolute Gasteiger partial charge is 0.274 e. The van der Waals surface area contributed by atoms with Crippen LogP contribution < -0.4 is 0 Å². The van der Waals surface area contributed by atoms with Crippen molar-refractivity contribution in [2.75, 3.05) is 13.1 Å². The Morgan fingerprint density at radius 1 is 1.29 bits per heavy atom. The molecule has 0 radical (unpaired) electrons. The summed E-state index contributed by atoms with van der Waals surface area (Å²) in [6.45, 7) is 10.6. The number of rotatable bonds is 6. The molecule has 4 heteroatoms. The highest BCUT2D eigenvalue weighted by molar-refractivity contribution is 5.92. The van der Waals surface area contributed by atoms with Gasteiger partial charge in [-0.3, -0.25) is 9.48 Å². The number of carbonyl (C=O) groups is 1. The van der Waals surface area contributed by atoms with E-state index in [1.165, 1.54) is 0 Å². The average molecular weight is 237 g/mol. The van der Waals surface area contributed by atoms with Crippen LogP contribution in [0.2, 0.25) is 0 Å². The van der Waals surface area contributed by atoms with Gasteiger partial charge in [-0.25, -0.2) is 0 Å². The second-order valence-corrected chi connectivity index (χ2v) is 4.28. The number of amides is 1. The number of aromatic nitrogens is 2. The molecule has 1 aromatic heterocycles. The van der Waals surface area contributed by atoms with Gasteiger partial charge in [-0.2, -0.15) is 5.10 Å². The summed E-state index contributed by atoms with van der Waals surface area (Å²) < 4.78 is 1.86. The number of hydrogen-bond donors (Lipinski definition) is 0. The van der Waals surface area contributed by atoms with Crippen molar-refractivity contribution in [1.82, 2.24) is 14.7 Å². The molecule has 0 aliphatic rings. The maximum atomic E-state index is 12.3. The standard InChI is InChI=1S/C13H23N3O/c1-5-8-15(9-6-2)13(17)12-10-11(4)16(7-3)14-12/h10H,5-9H2,1-4H3. The van der Waals surface area contributed by atoms with E-state index in [-0.39, 0.29) is 5.91 Å². The van der Waals surface area contributed by atoms with Gasteiger partial charge in [-0.15, -0.1) is 0 Å². The lowest BCUT2D eigenvalue weighted by atomic mass is 10.3. The molecule has 1 rings (SSSR count).